The van der Waals surface area contributed by atoms with Crippen LogP contribution in [0.25, 0.3) is 5.57 Å². The smallest absolute Gasteiger partial charge is 0.310 e. The van der Waals surface area contributed by atoms with Gasteiger partial charge in [-0.1, -0.05) is 38.1 Å². The third-order valence-electron chi connectivity index (χ3n) is 5.38. The van der Waals surface area contributed by atoms with Crippen molar-refractivity contribution in [3.8, 4) is 0 Å². The predicted molar refractivity (Wildman–Crippen MR) is 109 cm³/mol. The summed E-state index contributed by atoms with van der Waals surface area (Å²) in [5.74, 6) is -2.06. The first-order valence-electron chi connectivity index (χ1n) is 9.60. The van der Waals surface area contributed by atoms with Crippen LogP contribution in [0.3, 0.4) is 0 Å². The van der Waals surface area contributed by atoms with Crippen molar-refractivity contribution in [2.45, 2.75) is 58.2 Å². The lowest BCUT2D eigenvalue weighted by Gasteiger charge is -2.44. The molecule has 0 amide bonds. The van der Waals surface area contributed by atoms with E-state index >= 15 is 0 Å². The van der Waals surface area contributed by atoms with Gasteiger partial charge in [0.05, 0.1) is 11.7 Å². The largest absolute Gasteiger partial charge is 0.481 e. The SMILES string of the molecule is COC1(C)CC(c2ccc(F)cc2)=C(C=CC(O)CC(=O)CC(=O)O)C(C)(C)C1. The van der Waals surface area contributed by atoms with Crippen LogP contribution in [-0.4, -0.2) is 40.8 Å². The molecule has 0 bridgehead atoms. The second-order valence-electron chi connectivity index (χ2n) is 8.53. The third-order valence-corrected chi connectivity index (χ3v) is 5.38. The minimum atomic E-state index is -1.21. The number of aliphatic hydroxyl groups is 1. The lowest BCUT2D eigenvalue weighted by Crippen LogP contribution is -2.39. The molecule has 1 aliphatic carbocycles. The zero-order valence-electron chi connectivity index (χ0n) is 17.4. The van der Waals surface area contributed by atoms with Gasteiger partial charge >= 0.3 is 5.97 Å². The highest BCUT2D eigenvalue weighted by Gasteiger charge is 2.41. The summed E-state index contributed by atoms with van der Waals surface area (Å²) in [4.78, 5) is 22.3. The molecule has 1 aromatic carbocycles. The van der Waals surface area contributed by atoms with Gasteiger partial charge in [0.25, 0.3) is 0 Å². The van der Waals surface area contributed by atoms with E-state index in [1.165, 1.54) is 18.2 Å². The van der Waals surface area contributed by atoms with Crippen molar-refractivity contribution in [1.82, 2.24) is 0 Å². The Bertz CT molecular complexity index is 822. The first-order valence-corrected chi connectivity index (χ1v) is 9.60. The molecular weight excluding hydrogens is 375 g/mol. The Hall–Kier alpha value is -2.31. The number of carbonyl (C=O) groups excluding carboxylic acids is 1. The number of carboxylic acid groups (broad SMARTS) is 1. The lowest BCUT2D eigenvalue weighted by atomic mass is 9.65. The average Bonchev–Trinajstić information content (AvgIpc) is 2.59. The fourth-order valence-corrected chi connectivity index (χ4v) is 4.10. The molecule has 29 heavy (non-hydrogen) atoms. The maximum Gasteiger partial charge on any atom is 0.310 e. The van der Waals surface area contributed by atoms with E-state index in [9.17, 15) is 19.1 Å². The van der Waals surface area contributed by atoms with Crippen LogP contribution in [0.1, 0.15) is 52.0 Å². The molecule has 0 saturated carbocycles. The third kappa shape index (κ3) is 6.08. The first-order chi connectivity index (χ1) is 13.5. The van der Waals surface area contributed by atoms with Crippen LogP contribution in [0, 0.1) is 11.2 Å². The summed E-state index contributed by atoms with van der Waals surface area (Å²) >= 11 is 0. The molecular formula is C23H29FO5. The van der Waals surface area contributed by atoms with Crippen LogP contribution in [0.2, 0.25) is 0 Å². The van der Waals surface area contributed by atoms with Gasteiger partial charge < -0.3 is 14.9 Å². The number of carbonyl (C=O) groups is 2. The topological polar surface area (TPSA) is 83.8 Å². The second-order valence-corrected chi connectivity index (χ2v) is 8.53. The number of aliphatic hydroxyl groups excluding tert-OH is 1. The summed E-state index contributed by atoms with van der Waals surface area (Å²) in [6.45, 7) is 6.20. The summed E-state index contributed by atoms with van der Waals surface area (Å²) in [6.07, 6.45) is 2.75. The van der Waals surface area contributed by atoms with E-state index in [4.69, 9.17) is 9.84 Å². The first kappa shape index (κ1) is 23.0. The van der Waals surface area contributed by atoms with Gasteiger partial charge in [-0.2, -0.15) is 0 Å². The van der Waals surface area contributed by atoms with E-state index in [0.717, 1.165) is 23.1 Å². The van der Waals surface area contributed by atoms with E-state index in [1.54, 1.807) is 25.3 Å². The van der Waals surface area contributed by atoms with Crippen molar-refractivity contribution in [3.05, 3.63) is 53.4 Å². The fraction of sp³-hybridized carbons (Fsp3) is 0.478. The number of aliphatic carboxylic acids is 1. The Morgan fingerprint density at radius 1 is 1.24 bits per heavy atom. The molecule has 2 N–H and O–H groups in total. The van der Waals surface area contributed by atoms with Gasteiger partial charge in [0.15, 0.2) is 0 Å². The van der Waals surface area contributed by atoms with Gasteiger partial charge in [-0.15, -0.1) is 0 Å². The average molecular weight is 404 g/mol. The number of ether oxygens (including phenoxy) is 1. The molecule has 0 spiro atoms. The highest BCUT2D eigenvalue weighted by molar-refractivity contribution is 5.95. The van der Waals surface area contributed by atoms with Gasteiger partial charge in [0.2, 0.25) is 0 Å². The number of hydrogen-bond acceptors (Lipinski definition) is 4. The standard InChI is InChI=1S/C23H29FO5/c1-22(2)14-23(3,29-4)13-19(15-5-7-16(24)8-6-15)20(22)10-9-17(25)11-18(26)12-21(27)28/h5-10,17,25H,11-14H2,1-4H3,(H,27,28). The van der Waals surface area contributed by atoms with Crippen molar-refractivity contribution in [3.63, 3.8) is 0 Å². The molecule has 2 atom stereocenters. The van der Waals surface area contributed by atoms with Gasteiger partial charge in [0, 0.05) is 20.0 Å². The number of allylic oxidation sites excluding steroid dienone is 2. The van der Waals surface area contributed by atoms with Crippen molar-refractivity contribution < 1.29 is 28.9 Å². The number of carboxylic acids is 1. The summed E-state index contributed by atoms with van der Waals surface area (Å²) in [7, 11) is 1.68. The number of benzene rings is 1. The normalized spacial score (nSPS) is 22.7. The van der Waals surface area contributed by atoms with E-state index in [-0.39, 0.29) is 23.3 Å². The number of rotatable bonds is 8. The molecule has 2 unspecified atom stereocenters. The number of ketones is 1. The monoisotopic (exact) mass is 404 g/mol. The Morgan fingerprint density at radius 2 is 1.86 bits per heavy atom. The van der Waals surface area contributed by atoms with Crippen LogP contribution in [-0.2, 0) is 14.3 Å². The Kier molecular flexibility index (Phi) is 7.14. The number of halogens is 1. The summed E-state index contributed by atoms with van der Waals surface area (Å²) in [5, 5.41) is 18.9. The van der Waals surface area contributed by atoms with Crippen molar-refractivity contribution >= 4 is 17.3 Å². The van der Waals surface area contributed by atoms with Gasteiger partial charge in [-0.25, -0.2) is 4.39 Å². The van der Waals surface area contributed by atoms with Crippen molar-refractivity contribution in [1.29, 1.82) is 0 Å². The maximum absolute atomic E-state index is 13.4. The van der Waals surface area contributed by atoms with E-state index in [2.05, 4.69) is 13.8 Å². The molecule has 158 valence electrons. The highest BCUT2D eigenvalue weighted by atomic mass is 19.1. The molecule has 5 nitrogen and oxygen atoms in total. The van der Waals surface area contributed by atoms with Crippen LogP contribution in [0.5, 0.6) is 0 Å². The number of Topliss-reactive ketones (excluding diaryl/α,β-unsaturated/α-hetero) is 1. The summed E-state index contributed by atoms with van der Waals surface area (Å²) < 4.78 is 19.2. The molecule has 0 saturated heterocycles. The minimum Gasteiger partial charge on any atom is -0.481 e. The molecule has 1 aromatic rings. The second kappa shape index (κ2) is 9.01. The highest BCUT2D eigenvalue weighted by Crippen LogP contribution is 2.49. The molecule has 0 heterocycles. The molecule has 2 rings (SSSR count). The number of methoxy groups -OCH3 is 1. The predicted octanol–water partition coefficient (Wildman–Crippen LogP) is 4.16. The van der Waals surface area contributed by atoms with Gasteiger partial charge in [-0.3, -0.25) is 9.59 Å². The van der Waals surface area contributed by atoms with Crippen molar-refractivity contribution in [2.75, 3.05) is 7.11 Å². The van der Waals surface area contributed by atoms with Gasteiger partial charge in [-0.05, 0) is 47.6 Å². The minimum absolute atomic E-state index is 0.252. The van der Waals surface area contributed by atoms with Gasteiger partial charge in [0.1, 0.15) is 18.0 Å². The molecule has 6 heteroatoms. The van der Waals surface area contributed by atoms with Crippen LogP contribution < -0.4 is 0 Å². The molecule has 0 radical (unpaired) electrons. The number of hydrogen-bond donors (Lipinski definition) is 2. The molecule has 0 fully saturated rings. The molecule has 0 aliphatic heterocycles. The zero-order valence-corrected chi connectivity index (χ0v) is 17.4. The summed E-state index contributed by atoms with van der Waals surface area (Å²) in [6, 6.07) is 6.27. The molecule has 0 aromatic heterocycles. The van der Waals surface area contributed by atoms with E-state index < -0.39 is 24.3 Å². The fourth-order valence-electron chi connectivity index (χ4n) is 4.10. The quantitative estimate of drug-likeness (QED) is 0.636. The van der Waals surface area contributed by atoms with Crippen LogP contribution >= 0.6 is 0 Å². The lowest BCUT2D eigenvalue weighted by molar-refractivity contribution is -0.140. The Balaban J connectivity index is 2.40. The van der Waals surface area contributed by atoms with E-state index in [1.807, 2.05) is 6.92 Å². The van der Waals surface area contributed by atoms with Crippen molar-refractivity contribution in [2.24, 2.45) is 5.41 Å². The maximum atomic E-state index is 13.4. The Morgan fingerprint density at radius 3 is 2.41 bits per heavy atom. The molecule has 1 aliphatic rings. The van der Waals surface area contributed by atoms with E-state index in [0.29, 0.717) is 6.42 Å². The summed E-state index contributed by atoms with van der Waals surface area (Å²) in [5.41, 5.74) is 2.15. The van der Waals surface area contributed by atoms with Crippen LogP contribution in [0.4, 0.5) is 4.39 Å². The Labute approximate surface area is 170 Å². The zero-order chi connectivity index (χ0) is 21.8. The van der Waals surface area contributed by atoms with Crippen LogP contribution in [0.15, 0.2) is 42.0 Å².